The lowest BCUT2D eigenvalue weighted by molar-refractivity contribution is 0.112. The summed E-state index contributed by atoms with van der Waals surface area (Å²) in [5.41, 5.74) is 1.64. The first-order valence-corrected chi connectivity index (χ1v) is 12.7. The number of likely N-dealkylation sites (tertiary alicyclic amines) is 1. The minimum atomic E-state index is -3.96. The van der Waals surface area contributed by atoms with E-state index in [1.807, 2.05) is 24.3 Å². The van der Waals surface area contributed by atoms with Crippen LogP contribution >= 0.6 is 11.3 Å². The maximum absolute atomic E-state index is 13.2. The van der Waals surface area contributed by atoms with Crippen molar-refractivity contribution in [2.75, 3.05) is 13.7 Å². The van der Waals surface area contributed by atoms with Gasteiger partial charge in [0.1, 0.15) is 14.2 Å². The molecule has 7 nitrogen and oxygen atoms in total. The van der Waals surface area contributed by atoms with Gasteiger partial charge in [-0.15, -0.1) is 11.3 Å². The molecule has 0 aliphatic carbocycles. The van der Waals surface area contributed by atoms with Crippen molar-refractivity contribution in [1.29, 1.82) is 0 Å². The Morgan fingerprint density at radius 2 is 2.00 bits per heavy atom. The van der Waals surface area contributed by atoms with Crippen molar-refractivity contribution in [3.05, 3.63) is 41.5 Å². The van der Waals surface area contributed by atoms with Crippen LogP contribution in [0.4, 0.5) is 0 Å². The molecule has 152 valence electrons. The number of benzene rings is 1. The molecule has 10 heteroatoms. The number of hydrogen-bond acceptors (Lipinski definition) is 7. The predicted octanol–water partition coefficient (Wildman–Crippen LogP) is 2.29. The second-order valence-corrected chi connectivity index (χ2v) is 13.1. The molecule has 1 fully saturated rings. The molecule has 2 N–H and O–H groups in total. The van der Waals surface area contributed by atoms with Crippen LogP contribution in [-0.2, 0) is 26.4 Å². The van der Waals surface area contributed by atoms with E-state index < -0.39 is 24.6 Å². The molecule has 1 saturated heterocycles. The van der Waals surface area contributed by atoms with Crippen LogP contribution in [0.25, 0.3) is 0 Å². The van der Waals surface area contributed by atoms with Crippen LogP contribution in [0.1, 0.15) is 36.9 Å². The van der Waals surface area contributed by atoms with E-state index in [2.05, 4.69) is 4.90 Å². The Balaban J connectivity index is 1.75. The Labute approximate surface area is 169 Å². The topological polar surface area (TPSA) is 107 Å². The van der Waals surface area contributed by atoms with Crippen molar-refractivity contribution in [1.82, 2.24) is 4.90 Å². The average molecular weight is 443 g/mol. The quantitative estimate of drug-likeness (QED) is 0.779. The summed E-state index contributed by atoms with van der Waals surface area (Å²) in [4.78, 5) is 2.22. The van der Waals surface area contributed by atoms with E-state index in [1.165, 1.54) is 6.07 Å². The average Bonchev–Trinajstić information content (AvgIpc) is 3.10. The fourth-order valence-corrected chi connectivity index (χ4v) is 8.90. The van der Waals surface area contributed by atoms with E-state index in [-0.39, 0.29) is 14.5 Å². The third-order valence-corrected chi connectivity index (χ3v) is 11.4. The molecule has 0 radical (unpaired) electrons. The molecule has 0 spiro atoms. The number of ether oxygens (including phenoxy) is 1. The van der Waals surface area contributed by atoms with Crippen molar-refractivity contribution in [2.45, 2.75) is 45.5 Å². The number of hydrogen-bond donors (Lipinski definition) is 1. The van der Waals surface area contributed by atoms with Crippen LogP contribution in [-0.4, -0.2) is 40.1 Å². The molecule has 2 unspecified atom stereocenters. The first-order chi connectivity index (χ1) is 13.0. The Hall–Kier alpha value is -1.46. The van der Waals surface area contributed by atoms with Crippen LogP contribution in [0.3, 0.4) is 0 Å². The molecule has 28 heavy (non-hydrogen) atoms. The largest absolute Gasteiger partial charge is 0.497 e. The number of rotatable bonds is 4. The summed E-state index contributed by atoms with van der Waals surface area (Å²) in [5, 5.41) is 5.28. The number of fused-ring (bicyclic) bond motifs is 4. The summed E-state index contributed by atoms with van der Waals surface area (Å²) < 4.78 is 54.3. The number of sulfonamides is 1. The number of sulfone groups is 1. The Kier molecular flexibility index (Phi) is 4.63. The van der Waals surface area contributed by atoms with E-state index in [4.69, 9.17) is 9.88 Å². The molecule has 2 atom stereocenters. The lowest BCUT2D eigenvalue weighted by atomic mass is 9.87. The van der Waals surface area contributed by atoms with Crippen molar-refractivity contribution in [3.63, 3.8) is 0 Å². The molecule has 2 aliphatic heterocycles. The highest BCUT2D eigenvalue weighted by Gasteiger charge is 2.53. The highest BCUT2D eigenvalue weighted by atomic mass is 32.3. The summed E-state index contributed by atoms with van der Waals surface area (Å²) in [6.45, 7) is 3.02. The number of primary sulfonamides is 1. The normalized spacial score (nSPS) is 26.6. The summed E-state index contributed by atoms with van der Waals surface area (Å²) >= 11 is 0.774. The zero-order chi connectivity index (χ0) is 20.3. The molecular weight excluding hydrogens is 420 g/mol. The number of nitrogens with two attached hydrogens (primary N) is 1. The van der Waals surface area contributed by atoms with Gasteiger partial charge >= 0.3 is 0 Å². The first kappa shape index (κ1) is 19.8. The van der Waals surface area contributed by atoms with Gasteiger partial charge in [0.25, 0.3) is 0 Å². The standard InChI is InChI=1S/C18H22N2O5S3/c1-18-7-8-20(11-12-3-5-13(25-2)6-4-12)15(10-18)14-9-16(28(19,23)24)26-17(14)27(18,21)22/h3-6,9,15H,7-8,10-11H2,1-2H3,(H2,19,23,24). The summed E-state index contributed by atoms with van der Waals surface area (Å²) in [7, 11) is -5.95. The van der Waals surface area contributed by atoms with Gasteiger partial charge in [0.05, 0.1) is 11.9 Å². The molecule has 2 aromatic rings. The minimum Gasteiger partial charge on any atom is -0.497 e. The third kappa shape index (κ3) is 3.07. The van der Waals surface area contributed by atoms with Crippen molar-refractivity contribution in [3.8, 4) is 5.75 Å². The second kappa shape index (κ2) is 6.53. The monoisotopic (exact) mass is 442 g/mol. The van der Waals surface area contributed by atoms with Gasteiger partial charge in [0.2, 0.25) is 10.0 Å². The van der Waals surface area contributed by atoms with E-state index >= 15 is 0 Å². The van der Waals surface area contributed by atoms with Crippen LogP contribution in [0.2, 0.25) is 0 Å². The highest BCUT2D eigenvalue weighted by Crippen LogP contribution is 2.53. The van der Waals surface area contributed by atoms with Crippen LogP contribution in [0, 0.1) is 0 Å². The van der Waals surface area contributed by atoms with Crippen LogP contribution in [0.5, 0.6) is 5.75 Å². The van der Waals surface area contributed by atoms with Gasteiger partial charge in [0.15, 0.2) is 9.84 Å². The van der Waals surface area contributed by atoms with Crippen LogP contribution in [0.15, 0.2) is 38.8 Å². The zero-order valence-electron chi connectivity index (χ0n) is 15.6. The van der Waals surface area contributed by atoms with Gasteiger partial charge in [-0.25, -0.2) is 22.0 Å². The molecule has 2 bridgehead atoms. The fraction of sp³-hybridized carbons (Fsp3) is 0.444. The summed E-state index contributed by atoms with van der Waals surface area (Å²) in [5.74, 6) is 0.775. The molecule has 0 amide bonds. The Morgan fingerprint density at radius 3 is 2.61 bits per heavy atom. The maximum Gasteiger partial charge on any atom is 0.247 e. The Morgan fingerprint density at radius 1 is 1.32 bits per heavy atom. The van der Waals surface area contributed by atoms with Gasteiger partial charge in [0, 0.05) is 24.7 Å². The number of methoxy groups -OCH3 is 1. The van der Waals surface area contributed by atoms with Gasteiger partial charge < -0.3 is 4.74 Å². The van der Waals surface area contributed by atoms with E-state index in [1.54, 1.807) is 14.0 Å². The van der Waals surface area contributed by atoms with Crippen molar-refractivity contribution in [2.24, 2.45) is 5.14 Å². The molecule has 0 saturated carbocycles. The summed E-state index contributed by atoms with van der Waals surface area (Å²) in [6.07, 6.45) is 0.948. The van der Waals surface area contributed by atoms with Crippen molar-refractivity contribution >= 4 is 31.2 Å². The van der Waals surface area contributed by atoms with Crippen molar-refractivity contribution < 1.29 is 21.6 Å². The molecule has 4 rings (SSSR count). The van der Waals surface area contributed by atoms with Gasteiger partial charge in [-0.3, -0.25) is 4.90 Å². The SMILES string of the molecule is COc1ccc(CN2CCC3(C)CC2c2cc(S(N)(=O)=O)sc2S3(=O)=O)cc1. The van der Waals surface area contributed by atoms with E-state index in [0.29, 0.717) is 31.5 Å². The first-order valence-electron chi connectivity index (χ1n) is 8.83. The van der Waals surface area contributed by atoms with Gasteiger partial charge in [-0.2, -0.15) is 0 Å². The molecule has 1 aromatic heterocycles. The summed E-state index contributed by atoms with van der Waals surface area (Å²) in [6, 6.07) is 9.04. The van der Waals surface area contributed by atoms with Gasteiger partial charge in [-0.1, -0.05) is 12.1 Å². The van der Waals surface area contributed by atoms with E-state index in [0.717, 1.165) is 22.6 Å². The zero-order valence-corrected chi connectivity index (χ0v) is 18.0. The Bertz CT molecular complexity index is 1120. The second-order valence-electron chi connectivity index (χ2n) is 7.60. The molecule has 2 aliphatic rings. The highest BCUT2D eigenvalue weighted by molar-refractivity contribution is 7.96. The lowest BCUT2D eigenvalue weighted by Crippen LogP contribution is -2.51. The number of nitrogens with zero attached hydrogens (tertiary/aromatic N) is 1. The molecule has 1 aromatic carbocycles. The van der Waals surface area contributed by atoms with Crippen LogP contribution < -0.4 is 9.88 Å². The maximum atomic E-state index is 13.2. The minimum absolute atomic E-state index is 0.0957. The predicted molar refractivity (Wildman–Crippen MR) is 107 cm³/mol. The lowest BCUT2D eigenvalue weighted by Gasteiger charge is -2.47. The molecule has 3 heterocycles. The number of thiophene rings is 1. The van der Waals surface area contributed by atoms with E-state index in [9.17, 15) is 16.8 Å². The fourth-order valence-electron chi connectivity index (χ4n) is 4.05. The third-order valence-electron chi connectivity index (χ3n) is 5.77. The molecular formula is C18H22N2O5S3. The van der Waals surface area contributed by atoms with Gasteiger partial charge in [-0.05, 0) is 43.5 Å². The smallest absolute Gasteiger partial charge is 0.247 e. The number of piperidine rings is 1.